The Morgan fingerprint density at radius 1 is 1.50 bits per heavy atom. The number of pyridine rings is 1. The third-order valence-corrected chi connectivity index (χ3v) is 3.24. The van der Waals surface area contributed by atoms with Crippen LogP contribution in [0.2, 0.25) is 0 Å². The molecule has 3 heteroatoms. The van der Waals surface area contributed by atoms with Gasteiger partial charge >= 0.3 is 0 Å². The lowest BCUT2D eigenvalue weighted by molar-refractivity contribution is 0.104. The highest BCUT2D eigenvalue weighted by molar-refractivity contribution is 5.36. The molecule has 1 aliphatic carbocycles. The molecule has 1 fully saturated rings. The summed E-state index contributed by atoms with van der Waals surface area (Å²) in [7, 11) is 0. The molecule has 16 heavy (non-hydrogen) atoms. The van der Waals surface area contributed by atoms with Crippen LogP contribution in [-0.4, -0.2) is 22.7 Å². The summed E-state index contributed by atoms with van der Waals surface area (Å²) in [5, 5.41) is 12.9. The average molecular weight is 220 g/mol. The molecular weight excluding hydrogens is 200 g/mol. The minimum Gasteiger partial charge on any atom is -0.393 e. The van der Waals surface area contributed by atoms with Gasteiger partial charge in [-0.2, -0.15) is 0 Å². The standard InChI is InChI=1S/C13H20N2O/c1-10-5-6-14-13(7-10)15-9-11-3-2-4-12(16)8-11/h5-7,11-12,16H,2-4,8-9H2,1H3,(H,14,15). The molecule has 1 heterocycles. The van der Waals surface area contributed by atoms with Crippen molar-refractivity contribution in [3.63, 3.8) is 0 Å². The molecule has 2 unspecified atom stereocenters. The molecule has 88 valence electrons. The number of nitrogens with zero attached hydrogens (tertiary/aromatic N) is 1. The average Bonchev–Trinajstić information content (AvgIpc) is 2.27. The normalized spacial score (nSPS) is 25.4. The predicted molar refractivity (Wildman–Crippen MR) is 65.4 cm³/mol. The second-order valence-electron chi connectivity index (χ2n) is 4.79. The second-order valence-corrected chi connectivity index (χ2v) is 4.79. The van der Waals surface area contributed by atoms with Crippen LogP contribution in [0, 0.1) is 12.8 Å². The summed E-state index contributed by atoms with van der Waals surface area (Å²) >= 11 is 0. The van der Waals surface area contributed by atoms with Gasteiger partial charge in [-0.25, -0.2) is 4.98 Å². The smallest absolute Gasteiger partial charge is 0.126 e. The van der Waals surface area contributed by atoms with Gasteiger partial charge < -0.3 is 10.4 Å². The Hall–Kier alpha value is -1.09. The van der Waals surface area contributed by atoms with Crippen LogP contribution < -0.4 is 5.32 Å². The van der Waals surface area contributed by atoms with Crippen LogP contribution in [0.25, 0.3) is 0 Å². The minimum absolute atomic E-state index is 0.0916. The van der Waals surface area contributed by atoms with Gasteiger partial charge in [-0.15, -0.1) is 0 Å². The summed E-state index contributed by atoms with van der Waals surface area (Å²) in [4.78, 5) is 4.27. The molecule has 1 saturated carbocycles. The van der Waals surface area contributed by atoms with E-state index >= 15 is 0 Å². The first-order chi connectivity index (χ1) is 7.74. The van der Waals surface area contributed by atoms with Gasteiger partial charge in [0.1, 0.15) is 5.82 Å². The van der Waals surface area contributed by atoms with Gasteiger partial charge in [-0.05, 0) is 49.8 Å². The fourth-order valence-electron chi connectivity index (χ4n) is 2.33. The van der Waals surface area contributed by atoms with Gasteiger partial charge in [0, 0.05) is 12.7 Å². The molecular formula is C13H20N2O. The number of nitrogens with one attached hydrogen (secondary N) is 1. The minimum atomic E-state index is -0.0916. The van der Waals surface area contributed by atoms with E-state index in [-0.39, 0.29) is 6.10 Å². The van der Waals surface area contributed by atoms with Gasteiger partial charge in [-0.3, -0.25) is 0 Å². The first-order valence-electron chi connectivity index (χ1n) is 6.08. The summed E-state index contributed by atoms with van der Waals surface area (Å²) in [6, 6.07) is 4.05. The zero-order valence-corrected chi connectivity index (χ0v) is 9.82. The molecule has 0 bridgehead atoms. The summed E-state index contributed by atoms with van der Waals surface area (Å²) < 4.78 is 0. The van der Waals surface area contributed by atoms with Crippen LogP contribution in [0.15, 0.2) is 18.3 Å². The molecule has 0 radical (unpaired) electrons. The Morgan fingerprint density at radius 3 is 3.12 bits per heavy atom. The highest BCUT2D eigenvalue weighted by Crippen LogP contribution is 2.24. The Balaban J connectivity index is 1.82. The van der Waals surface area contributed by atoms with Gasteiger partial charge in [0.05, 0.1) is 6.10 Å². The fourth-order valence-corrected chi connectivity index (χ4v) is 2.33. The Bertz CT molecular complexity index is 340. The number of aromatic nitrogens is 1. The zero-order valence-electron chi connectivity index (χ0n) is 9.82. The van der Waals surface area contributed by atoms with E-state index in [0.717, 1.165) is 31.6 Å². The quantitative estimate of drug-likeness (QED) is 0.822. The molecule has 2 rings (SSSR count). The third-order valence-electron chi connectivity index (χ3n) is 3.24. The van der Waals surface area contributed by atoms with E-state index in [9.17, 15) is 5.11 Å². The van der Waals surface area contributed by atoms with Crippen molar-refractivity contribution < 1.29 is 5.11 Å². The first-order valence-corrected chi connectivity index (χ1v) is 6.08. The molecule has 1 aromatic rings. The van der Waals surface area contributed by atoms with E-state index in [1.54, 1.807) is 0 Å². The van der Waals surface area contributed by atoms with E-state index in [1.807, 2.05) is 12.3 Å². The zero-order chi connectivity index (χ0) is 11.4. The maximum absolute atomic E-state index is 9.58. The Morgan fingerprint density at radius 2 is 2.38 bits per heavy atom. The number of hydrogen-bond acceptors (Lipinski definition) is 3. The molecule has 2 N–H and O–H groups in total. The monoisotopic (exact) mass is 220 g/mol. The van der Waals surface area contributed by atoms with Crippen molar-refractivity contribution >= 4 is 5.82 Å². The molecule has 0 aliphatic heterocycles. The molecule has 3 nitrogen and oxygen atoms in total. The number of aryl methyl sites for hydroxylation is 1. The molecule has 0 aromatic carbocycles. The number of anilines is 1. The lowest BCUT2D eigenvalue weighted by atomic mass is 9.87. The summed E-state index contributed by atoms with van der Waals surface area (Å²) in [6.45, 7) is 2.99. The molecule has 0 spiro atoms. The highest BCUT2D eigenvalue weighted by atomic mass is 16.3. The molecule has 0 amide bonds. The van der Waals surface area contributed by atoms with Crippen molar-refractivity contribution in [2.24, 2.45) is 5.92 Å². The third kappa shape index (κ3) is 3.20. The highest BCUT2D eigenvalue weighted by Gasteiger charge is 2.19. The molecule has 1 aromatic heterocycles. The number of hydrogen-bond donors (Lipinski definition) is 2. The summed E-state index contributed by atoms with van der Waals surface area (Å²) in [6.07, 6.45) is 6.00. The summed E-state index contributed by atoms with van der Waals surface area (Å²) in [5.74, 6) is 1.53. The largest absolute Gasteiger partial charge is 0.393 e. The van der Waals surface area contributed by atoms with Crippen molar-refractivity contribution in [1.82, 2.24) is 4.98 Å². The van der Waals surface area contributed by atoms with Gasteiger partial charge in [0.2, 0.25) is 0 Å². The van der Waals surface area contributed by atoms with Crippen LogP contribution in [-0.2, 0) is 0 Å². The van der Waals surface area contributed by atoms with Gasteiger partial charge in [0.25, 0.3) is 0 Å². The predicted octanol–water partition coefficient (Wildman–Crippen LogP) is 2.35. The van der Waals surface area contributed by atoms with E-state index in [0.29, 0.717) is 5.92 Å². The SMILES string of the molecule is Cc1ccnc(NCC2CCCC(O)C2)c1. The van der Waals surface area contributed by atoms with E-state index < -0.39 is 0 Å². The molecule has 0 saturated heterocycles. The maximum atomic E-state index is 9.58. The second kappa shape index (κ2) is 5.30. The number of rotatable bonds is 3. The Labute approximate surface area is 96.9 Å². The van der Waals surface area contributed by atoms with Gasteiger partial charge in [0.15, 0.2) is 0 Å². The van der Waals surface area contributed by atoms with Gasteiger partial charge in [-0.1, -0.05) is 6.42 Å². The van der Waals surface area contributed by atoms with Crippen molar-refractivity contribution in [1.29, 1.82) is 0 Å². The first kappa shape index (κ1) is 11.4. The topological polar surface area (TPSA) is 45.2 Å². The van der Waals surface area contributed by atoms with Crippen molar-refractivity contribution in [2.45, 2.75) is 38.7 Å². The van der Waals surface area contributed by atoms with Crippen molar-refractivity contribution in [2.75, 3.05) is 11.9 Å². The lowest BCUT2D eigenvalue weighted by Gasteiger charge is -2.26. The number of aliphatic hydroxyl groups is 1. The lowest BCUT2D eigenvalue weighted by Crippen LogP contribution is -2.25. The summed E-state index contributed by atoms with van der Waals surface area (Å²) in [5.41, 5.74) is 1.22. The van der Waals surface area contributed by atoms with Crippen molar-refractivity contribution in [3.05, 3.63) is 23.9 Å². The van der Waals surface area contributed by atoms with Crippen LogP contribution in [0.5, 0.6) is 0 Å². The van der Waals surface area contributed by atoms with E-state index in [2.05, 4.69) is 23.3 Å². The van der Waals surface area contributed by atoms with Crippen LogP contribution in [0.3, 0.4) is 0 Å². The molecule has 1 aliphatic rings. The van der Waals surface area contributed by atoms with E-state index in [4.69, 9.17) is 0 Å². The Kier molecular flexibility index (Phi) is 3.78. The van der Waals surface area contributed by atoms with E-state index in [1.165, 1.54) is 12.0 Å². The van der Waals surface area contributed by atoms with Crippen LogP contribution in [0.1, 0.15) is 31.2 Å². The maximum Gasteiger partial charge on any atom is 0.126 e. The number of aliphatic hydroxyl groups excluding tert-OH is 1. The molecule has 2 atom stereocenters. The van der Waals surface area contributed by atoms with Crippen LogP contribution in [0.4, 0.5) is 5.82 Å². The van der Waals surface area contributed by atoms with Crippen LogP contribution >= 0.6 is 0 Å². The van der Waals surface area contributed by atoms with Crippen molar-refractivity contribution in [3.8, 4) is 0 Å². The fraction of sp³-hybridized carbons (Fsp3) is 0.615.